The summed E-state index contributed by atoms with van der Waals surface area (Å²) >= 11 is 0. The van der Waals surface area contributed by atoms with E-state index in [2.05, 4.69) is 32.0 Å². The van der Waals surface area contributed by atoms with Crippen LogP contribution in [-0.2, 0) is 4.74 Å². The molecular formula is C16H18O2. The van der Waals surface area contributed by atoms with Crippen LogP contribution in [0.5, 0.6) is 0 Å². The van der Waals surface area contributed by atoms with Crippen LogP contribution in [0.25, 0.3) is 10.8 Å². The number of esters is 1. The molecular weight excluding hydrogens is 224 g/mol. The van der Waals surface area contributed by atoms with Gasteiger partial charge in [-0.1, -0.05) is 38.1 Å². The zero-order valence-corrected chi connectivity index (χ0v) is 11.1. The molecule has 0 spiro atoms. The van der Waals surface area contributed by atoms with Gasteiger partial charge in [0.2, 0.25) is 0 Å². The minimum atomic E-state index is -0.255. The number of ether oxygens (including phenoxy) is 1. The van der Waals surface area contributed by atoms with Gasteiger partial charge < -0.3 is 4.74 Å². The van der Waals surface area contributed by atoms with Crippen LogP contribution < -0.4 is 0 Å². The normalized spacial score (nSPS) is 10.9. The molecule has 0 bridgehead atoms. The standard InChI is InChI=1S/C16H18O2/c1-4-18-16(17)14-8-6-12-5-7-13(11(2)3)9-15(12)10-14/h5-11H,4H2,1-3H3. The molecule has 0 saturated heterocycles. The monoisotopic (exact) mass is 242 g/mol. The van der Waals surface area contributed by atoms with Crippen LogP contribution in [0.1, 0.15) is 42.6 Å². The average molecular weight is 242 g/mol. The van der Waals surface area contributed by atoms with E-state index in [9.17, 15) is 4.79 Å². The van der Waals surface area contributed by atoms with Gasteiger partial charge in [-0.05, 0) is 41.3 Å². The Kier molecular flexibility index (Phi) is 3.66. The third kappa shape index (κ3) is 2.53. The van der Waals surface area contributed by atoms with E-state index >= 15 is 0 Å². The Labute approximate surface area is 108 Å². The zero-order chi connectivity index (χ0) is 13.1. The van der Waals surface area contributed by atoms with Gasteiger partial charge in [-0.25, -0.2) is 4.79 Å². The van der Waals surface area contributed by atoms with E-state index in [1.807, 2.05) is 25.1 Å². The van der Waals surface area contributed by atoms with E-state index in [-0.39, 0.29) is 5.97 Å². The Balaban J connectivity index is 2.45. The van der Waals surface area contributed by atoms with Crippen molar-refractivity contribution in [3.8, 4) is 0 Å². The number of carbonyl (C=O) groups excluding carboxylic acids is 1. The molecule has 0 radical (unpaired) electrons. The maximum absolute atomic E-state index is 11.7. The Morgan fingerprint density at radius 3 is 2.50 bits per heavy atom. The fourth-order valence-electron chi connectivity index (χ4n) is 1.97. The quantitative estimate of drug-likeness (QED) is 0.756. The molecule has 0 fully saturated rings. The fourth-order valence-corrected chi connectivity index (χ4v) is 1.97. The lowest BCUT2D eigenvalue weighted by molar-refractivity contribution is 0.0526. The van der Waals surface area contributed by atoms with Gasteiger partial charge in [0.25, 0.3) is 0 Å². The molecule has 0 N–H and O–H groups in total. The van der Waals surface area contributed by atoms with Crippen LogP contribution in [0.4, 0.5) is 0 Å². The molecule has 2 rings (SSSR count). The number of carbonyl (C=O) groups is 1. The third-order valence-electron chi connectivity index (χ3n) is 3.04. The second-order valence-electron chi connectivity index (χ2n) is 4.70. The molecule has 94 valence electrons. The SMILES string of the molecule is CCOC(=O)c1ccc2ccc(C(C)C)cc2c1. The highest BCUT2D eigenvalue weighted by atomic mass is 16.5. The van der Waals surface area contributed by atoms with E-state index in [0.717, 1.165) is 10.8 Å². The maximum Gasteiger partial charge on any atom is 0.338 e. The van der Waals surface area contributed by atoms with Gasteiger partial charge in [0.05, 0.1) is 12.2 Å². The van der Waals surface area contributed by atoms with Gasteiger partial charge in [-0.2, -0.15) is 0 Å². The molecule has 0 aromatic heterocycles. The van der Waals surface area contributed by atoms with Crippen molar-refractivity contribution in [2.45, 2.75) is 26.7 Å². The van der Waals surface area contributed by atoms with Gasteiger partial charge in [0.15, 0.2) is 0 Å². The summed E-state index contributed by atoms with van der Waals surface area (Å²) in [5.74, 6) is 0.231. The summed E-state index contributed by atoms with van der Waals surface area (Å²) in [4.78, 5) is 11.7. The lowest BCUT2D eigenvalue weighted by Crippen LogP contribution is -2.04. The molecule has 0 saturated carbocycles. The van der Waals surface area contributed by atoms with E-state index in [1.165, 1.54) is 5.56 Å². The van der Waals surface area contributed by atoms with Gasteiger partial charge in [0.1, 0.15) is 0 Å². The molecule has 0 heterocycles. The van der Waals surface area contributed by atoms with E-state index < -0.39 is 0 Å². The lowest BCUT2D eigenvalue weighted by atomic mass is 9.98. The van der Waals surface area contributed by atoms with E-state index in [0.29, 0.717) is 18.1 Å². The minimum Gasteiger partial charge on any atom is -0.462 e. The number of rotatable bonds is 3. The molecule has 2 nitrogen and oxygen atoms in total. The van der Waals surface area contributed by atoms with Crippen molar-refractivity contribution >= 4 is 16.7 Å². The molecule has 0 aliphatic rings. The van der Waals surface area contributed by atoms with Gasteiger partial charge in [-0.3, -0.25) is 0 Å². The zero-order valence-electron chi connectivity index (χ0n) is 11.1. The first-order valence-electron chi connectivity index (χ1n) is 6.32. The van der Waals surface area contributed by atoms with Crippen LogP contribution in [0, 0.1) is 0 Å². The van der Waals surface area contributed by atoms with Crippen LogP contribution in [0.3, 0.4) is 0 Å². The van der Waals surface area contributed by atoms with Crippen molar-refractivity contribution in [1.29, 1.82) is 0 Å². The molecule has 0 amide bonds. The summed E-state index contributed by atoms with van der Waals surface area (Å²) in [6.07, 6.45) is 0. The van der Waals surface area contributed by atoms with Crippen molar-refractivity contribution in [3.05, 3.63) is 47.5 Å². The van der Waals surface area contributed by atoms with Crippen LogP contribution in [-0.4, -0.2) is 12.6 Å². The third-order valence-corrected chi connectivity index (χ3v) is 3.04. The number of hydrogen-bond donors (Lipinski definition) is 0. The topological polar surface area (TPSA) is 26.3 Å². The van der Waals surface area contributed by atoms with Crippen molar-refractivity contribution < 1.29 is 9.53 Å². The molecule has 2 aromatic carbocycles. The fraction of sp³-hybridized carbons (Fsp3) is 0.312. The maximum atomic E-state index is 11.7. The molecule has 2 aromatic rings. The predicted molar refractivity (Wildman–Crippen MR) is 74.0 cm³/mol. The first kappa shape index (κ1) is 12.6. The second-order valence-corrected chi connectivity index (χ2v) is 4.70. The molecule has 0 aliphatic carbocycles. The highest BCUT2D eigenvalue weighted by Gasteiger charge is 2.07. The molecule has 0 atom stereocenters. The summed E-state index contributed by atoms with van der Waals surface area (Å²) in [6.45, 7) is 6.55. The van der Waals surface area contributed by atoms with Gasteiger partial charge >= 0.3 is 5.97 Å². The number of fused-ring (bicyclic) bond motifs is 1. The molecule has 0 unspecified atom stereocenters. The summed E-state index contributed by atoms with van der Waals surface area (Å²) in [6, 6.07) is 12.1. The first-order chi connectivity index (χ1) is 8.61. The molecule has 18 heavy (non-hydrogen) atoms. The average Bonchev–Trinajstić information content (AvgIpc) is 2.37. The summed E-state index contributed by atoms with van der Waals surface area (Å²) in [5.41, 5.74) is 1.90. The smallest absolute Gasteiger partial charge is 0.338 e. The van der Waals surface area contributed by atoms with Crippen molar-refractivity contribution in [2.75, 3.05) is 6.61 Å². The highest BCUT2D eigenvalue weighted by molar-refractivity contribution is 5.95. The second kappa shape index (κ2) is 5.21. The van der Waals surface area contributed by atoms with E-state index in [1.54, 1.807) is 0 Å². The first-order valence-corrected chi connectivity index (χ1v) is 6.32. The molecule has 2 heteroatoms. The highest BCUT2D eigenvalue weighted by Crippen LogP contribution is 2.22. The Morgan fingerprint density at radius 1 is 1.11 bits per heavy atom. The Bertz CT molecular complexity index is 570. The Morgan fingerprint density at radius 2 is 1.83 bits per heavy atom. The van der Waals surface area contributed by atoms with Gasteiger partial charge in [-0.15, -0.1) is 0 Å². The van der Waals surface area contributed by atoms with Crippen LogP contribution in [0.2, 0.25) is 0 Å². The number of benzene rings is 2. The van der Waals surface area contributed by atoms with Gasteiger partial charge in [0, 0.05) is 0 Å². The van der Waals surface area contributed by atoms with E-state index in [4.69, 9.17) is 4.74 Å². The van der Waals surface area contributed by atoms with Crippen LogP contribution >= 0.6 is 0 Å². The Hall–Kier alpha value is -1.83. The van der Waals surface area contributed by atoms with Crippen molar-refractivity contribution in [1.82, 2.24) is 0 Å². The minimum absolute atomic E-state index is 0.255. The predicted octanol–water partition coefficient (Wildman–Crippen LogP) is 4.14. The van der Waals surface area contributed by atoms with Crippen LogP contribution in [0.15, 0.2) is 36.4 Å². The van der Waals surface area contributed by atoms with Crippen molar-refractivity contribution in [3.63, 3.8) is 0 Å². The largest absolute Gasteiger partial charge is 0.462 e. The summed E-state index contributed by atoms with van der Waals surface area (Å²) in [7, 11) is 0. The lowest BCUT2D eigenvalue weighted by Gasteiger charge is -2.08. The summed E-state index contributed by atoms with van der Waals surface area (Å²) in [5, 5.41) is 2.24. The molecule has 0 aliphatic heterocycles. The van der Waals surface area contributed by atoms with Crippen molar-refractivity contribution in [2.24, 2.45) is 0 Å². The number of hydrogen-bond acceptors (Lipinski definition) is 2. The summed E-state index contributed by atoms with van der Waals surface area (Å²) < 4.78 is 5.02.